The first-order chi connectivity index (χ1) is 11.2. The minimum absolute atomic E-state index is 0.0688. The molecule has 4 saturated carbocycles. The second-order valence-corrected chi connectivity index (χ2v) is 8.01. The van der Waals surface area contributed by atoms with Gasteiger partial charge in [-0.3, -0.25) is 4.79 Å². The van der Waals surface area contributed by atoms with Crippen molar-refractivity contribution < 1.29 is 9.53 Å². The maximum Gasteiger partial charge on any atom is 0.261 e. The quantitative estimate of drug-likeness (QED) is 0.894. The molecule has 0 aliphatic heterocycles. The van der Waals surface area contributed by atoms with Crippen LogP contribution in [0.2, 0.25) is 0 Å². The Hall–Kier alpha value is -1.51. The molecule has 1 aromatic carbocycles. The van der Waals surface area contributed by atoms with E-state index in [-0.39, 0.29) is 17.6 Å². The number of amides is 1. The van der Waals surface area contributed by atoms with Gasteiger partial charge >= 0.3 is 0 Å². The fourth-order valence-electron chi connectivity index (χ4n) is 5.59. The molecule has 1 N–H and O–H groups in total. The first-order valence-electron chi connectivity index (χ1n) is 9.19. The summed E-state index contributed by atoms with van der Waals surface area (Å²) in [6, 6.07) is 9.68. The molecule has 4 aliphatic rings. The van der Waals surface area contributed by atoms with Crippen LogP contribution in [0.4, 0.5) is 0 Å². The third-order valence-corrected chi connectivity index (χ3v) is 6.11. The molecule has 0 heterocycles. The lowest BCUT2D eigenvalue weighted by Crippen LogP contribution is -2.61. The molecule has 0 saturated heterocycles. The van der Waals surface area contributed by atoms with E-state index in [1.165, 1.54) is 38.5 Å². The summed E-state index contributed by atoms with van der Waals surface area (Å²) in [5.41, 5.74) is 0.0688. The van der Waals surface area contributed by atoms with Crippen molar-refractivity contribution in [3.63, 3.8) is 0 Å². The highest BCUT2D eigenvalue weighted by Gasteiger charge is 2.51. The van der Waals surface area contributed by atoms with Gasteiger partial charge in [0, 0.05) is 5.54 Å². The minimum Gasteiger partial charge on any atom is -0.481 e. The van der Waals surface area contributed by atoms with Crippen molar-refractivity contribution in [2.24, 2.45) is 17.8 Å². The van der Waals surface area contributed by atoms with Gasteiger partial charge in [0.05, 0.1) is 0 Å². The van der Waals surface area contributed by atoms with Crippen LogP contribution in [0, 0.1) is 17.8 Å². The van der Waals surface area contributed by atoms with Crippen molar-refractivity contribution >= 4 is 5.91 Å². The largest absolute Gasteiger partial charge is 0.481 e. The average molecular weight is 313 g/mol. The summed E-state index contributed by atoms with van der Waals surface area (Å²) >= 11 is 0. The number of hydrogen-bond donors (Lipinski definition) is 1. The summed E-state index contributed by atoms with van der Waals surface area (Å²) in [5.74, 6) is 3.39. The van der Waals surface area contributed by atoms with Crippen LogP contribution in [0.15, 0.2) is 30.3 Å². The molecule has 0 radical (unpaired) electrons. The van der Waals surface area contributed by atoms with Crippen molar-refractivity contribution in [1.29, 1.82) is 0 Å². The highest BCUT2D eigenvalue weighted by atomic mass is 16.5. The van der Waals surface area contributed by atoms with Crippen LogP contribution in [0.5, 0.6) is 5.75 Å². The molecule has 0 aromatic heterocycles. The number of carbonyl (C=O) groups is 1. The SMILES string of the molecule is CC[C@H](Oc1ccccc1)C(=O)NC12CC3CC(CC(C3)C1)C2. The van der Waals surface area contributed by atoms with Gasteiger partial charge in [0.2, 0.25) is 0 Å². The van der Waals surface area contributed by atoms with Crippen molar-refractivity contribution in [3.8, 4) is 5.75 Å². The van der Waals surface area contributed by atoms with Crippen molar-refractivity contribution in [3.05, 3.63) is 30.3 Å². The third-order valence-electron chi connectivity index (χ3n) is 6.11. The Kier molecular flexibility index (Phi) is 3.82. The molecule has 1 amide bonds. The molecule has 4 bridgehead atoms. The standard InChI is InChI=1S/C20H27NO2/c1-2-18(23-17-6-4-3-5-7-17)19(22)21-20-11-14-8-15(12-20)10-16(9-14)13-20/h3-7,14-16,18H,2,8-13H2,1H3,(H,21,22)/t14?,15?,16?,18-,20?/m0/s1. The molecular formula is C20H27NO2. The van der Waals surface area contributed by atoms with E-state index < -0.39 is 0 Å². The number of para-hydroxylation sites is 1. The first-order valence-corrected chi connectivity index (χ1v) is 9.19. The number of carbonyl (C=O) groups excluding carboxylic acids is 1. The number of nitrogens with one attached hydrogen (secondary N) is 1. The maximum absolute atomic E-state index is 12.8. The molecule has 23 heavy (non-hydrogen) atoms. The van der Waals surface area contributed by atoms with E-state index in [0.29, 0.717) is 6.42 Å². The van der Waals surface area contributed by atoms with Gasteiger partial charge in [0.25, 0.3) is 5.91 Å². The molecule has 3 heteroatoms. The molecule has 4 aliphatic carbocycles. The fraction of sp³-hybridized carbons (Fsp3) is 0.650. The van der Waals surface area contributed by atoms with E-state index in [2.05, 4.69) is 5.32 Å². The lowest BCUT2D eigenvalue weighted by atomic mass is 9.53. The summed E-state index contributed by atoms with van der Waals surface area (Å²) in [4.78, 5) is 12.8. The predicted molar refractivity (Wildman–Crippen MR) is 90.2 cm³/mol. The molecule has 1 aromatic rings. The zero-order chi connectivity index (χ0) is 15.9. The van der Waals surface area contributed by atoms with Gasteiger partial charge in [-0.15, -0.1) is 0 Å². The monoisotopic (exact) mass is 313 g/mol. The summed E-state index contributed by atoms with van der Waals surface area (Å²) < 4.78 is 5.93. The summed E-state index contributed by atoms with van der Waals surface area (Å²) in [6.07, 6.45) is 8.07. The van der Waals surface area contributed by atoms with Crippen molar-refractivity contribution in [2.45, 2.75) is 63.5 Å². The van der Waals surface area contributed by atoms with E-state index in [4.69, 9.17) is 4.74 Å². The first kappa shape index (κ1) is 15.0. The van der Waals surface area contributed by atoms with E-state index in [9.17, 15) is 4.79 Å². The van der Waals surface area contributed by atoms with E-state index in [1.807, 2.05) is 37.3 Å². The van der Waals surface area contributed by atoms with Crippen LogP contribution < -0.4 is 10.1 Å². The van der Waals surface area contributed by atoms with E-state index in [1.54, 1.807) is 0 Å². The summed E-state index contributed by atoms with van der Waals surface area (Å²) in [7, 11) is 0. The van der Waals surface area contributed by atoms with E-state index >= 15 is 0 Å². The molecule has 1 atom stereocenters. The number of rotatable bonds is 5. The smallest absolute Gasteiger partial charge is 0.261 e. The normalized spacial score (nSPS) is 35.8. The fourth-order valence-corrected chi connectivity index (χ4v) is 5.59. The lowest BCUT2D eigenvalue weighted by molar-refractivity contribution is -0.134. The molecule has 4 fully saturated rings. The summed E-state index contributed by atoms with van der Waals surface area (Å²) in [5, 5.41) is 3.43. The number of benzene rings is 1. The van der Waals surface area contributed by atoms with Gasteiger partial charge in [0.1, 0.15) is 5.75 Å². The second kappa shape index (κ2) is 5.85. The molecule has 0 spiro atoms. The van der Waals surface area contributed by atoms with Crippen molar-refractivity contribution in [1.82, 2.24) is 5.32 Å². The Labute approximate surface area is 138 Å². The Morgan fingerprint density at radius 3 is 2.22 bits per heavy atom. The van der Waals surface area contributed by atoms with Crippen LogP contribution in [0.3, 0.4) is 0 Å². The molecular weight excluding hydrogens is 286 g/mol. The molecule has 3 nitrogen and oxygen atoms in total. The predicted octanol–water partition coefficient (Wildman–Crippen LogP) is 3.93. The zero-order valence-electron chi connectivity index (χ0n) is 14.0. The van der Waals surface area contributed by atoms with Gasteiger partial charge in [-0.2, -0.15) is 0 Å². The topological polar surface area (TPSA) is 38.3 Å². The van der Waals surface area contributed by atoms with Gasteiger partial charge in [-0.1, -0.05) is 25.1 Å². The third kappa shape index (κ3) is 2.98. The van der Waals surface area contributed by atoms with Gasteiger partial charge < -0.3 is 10.1 Å². The number of hydrogen-bond acceptors (Lipinski definition) is 2. The Bertz CT molecular complexity index is 533. The minimum atomic E-state index is -0.384. The zero-order valence-corrected chi connectivity index (χ0v) is 14.0. The van der Waals surface area contributed by atoms with Gasteiger partial charge in [0.15, 0.2) is 6.10 Å². The van der Waals surface area contributed by atoms with E-state index in [0.717, 1.165) is 23.5 Å². The lowest BCUT2D eigenvalue weighted by Gasteiger charge is -2.57. The Balaban J connectivity index is 1.44. The Morgan fingerprint density at radius 2 is 1.70 bits per heavy atom. The average Bonchev–Trinajstić information content (AvgIpc) is 2.51. The second-order valence-electron chi connectivity index (χ2n) is 8.01. The maximum atomic E-state index is 12.8. The molecule has 124 valence electrons. The Morgan fingerprint density at radius 1 is 1.13 bits per heavy atom. The van der Waals surface area contributed by atoms with Crippen LogP contribution in [0.25, 0.3) is 0 Å². The van der Waals surface area contributed by atoms with Crippen molar-refractivity contribution in [2.75, 3.05) is 0 Å². The summed E-state index contributed by atoms with van der Waals surface area (Å²) in [6.45, 7) is 2.02. The van der Waals surface area contributed by atoms with Gasteiger partial charge in [-0.05, 0) is 74.8 Å². The van der Waals surface area contributed by atoms with Crippen LogP contribution in [-0.2, 0) is 4.79 Å². The van der Waals surface area contributed by atoms with Crippen LogP contribution >= 0.6 is 0 Å². The molecule has 5 rings (SSSR count). The highest BCUT2D eigenvalue weighted by Crippen LogP contribution is 2.55. The molecule has 0 unspecified atom stereocenters. The van der Waals surface area contributed by atoms with Gasteiger partial charge in [-0.25, -0.2) is 0 Å². The van der Waals surface area contributed by atoms with Crippen LogP contribution in [0.1, 0.15) is 51.9 Å². The number of ether oxygens (including phenoxy) is 1. The van der Waals surface area contributed by atoms with Crippen LogP contribution in [-0.4, -0.2) is 17.6 Å². The highest BCUT2D eigenvalue weighted by molar-refractivity contribution is 5.82.